The number of nitrogens with one attached hydrogen (secondary N) is 1. The molecule has 1 atom stereocenters. The molecular formula is C11H21N5O2S. The van der Waals surface area contributed by atoms with E-state index in [4.69, 9.17) is 5.73 Å². The molecule has 2 rings (SSSR count). The molecule has 0 aromatic carbocycles. The van der Waals surface area contributed by atoms with Gasteiger partial charge in [-0.25, -0.2) is 13.1 Å². The van der Waals surface area contributed by atoms with Crippen LogP contribution in [-0.2, 0) is 16.4 Å². The van der Waals surface area contributed by atoms with E-state index in [1.807, 2.05) is 18.7 Å². The largest absolute Gasteiger partial charge is 0.383 e. The number of aromatic nitrogens is 2. The second-order valence-electron chi connectivity index (χ2n) is 4.87. The lowest BCUT2D eigenvalue weighted by molar-refractivity contribution is 0.491. The molecule has 0 bridgehead atoms. The molecule has 1 aliphatic heterocycles. The Balaban J connectivity index is 2.56. The van der Waals surface area contributed by atoms with Gasteiger partial charge in [0.2, 0.25) is 0 Å². The summed E-state index contributed by atoms with van der Waals surface area (Å²) >= 11 is 0. The minimum Gasteiger partial charge on any atom is -0.383 e. The van der Waals surface area contributed by atoms with Crippen molar-refractivity contribution in [3.8, 4) is 0 Å². The Labute approximate surface area is 113 Å². The topological polar surface area (TPSA) is 93.2 Å². The molecule has 7 nitrogen and oxygen atoms in total. The highest BCUT2D eigenvalue weighted by atomic mass is 32.2. The standard InChI is InChI=1S/C11H21N5O2S/c1-4-16-10(12)9(19(3,17)18)11(14-16)15-6-5-13-7-8(15)2/h8,13H,4-7,12H2,1-3H3. The maximum absolute atomic E-state index is 12.0. The number of nitrogen functional groups attached to an aromatic ring is 1. The second-order valence-corrected chi connectivity index (χ2v) is 6.83. The molecule has 1 saturated heterocycles. The van der Waals surface area contributed by atoms with Gasteiger partial charge in [0.1, 0.15) is 5.82 Å². The molecule has 0 amide bonds. The molecule has 1 fully saturated rings. The Morgan fingerprint density at radius 3 is 2.74 bits per heavy atom. The molecule has 0 radical (unpaired) electrons. The molecular weight excluding hydrogens is 266 g/mol. The van der Waals surface area contributed by atoms with Gasteiger partial charge in [0, 0.05) is 38.5 Å². The van der Waals surface area contributed by atoms with Crippen molar-refractivity contribution in [1.29, 1.82) is 0 Å². The number of aryl methyl sites for hydroxylation is 1. The quantitative estimate of drug-likeness (QED) is 0.792. The van der Waals surface area contributed by atoms with E-state index in [1.54, 1.807) is 4.68 Å². The Morgan fingerprint density at radius 2 is 2.21 bits per heavy atom. The first-order chi connectivity index (χ1) is 8.86. The van der Waals surface area contributed by atoms with Gasteiger partial charge in [-0.05, 0) is 13.8 Å². The number of hydrogen-bond acceptors (Lipinski definition) is 6. The van der Waals surface area contributed by atoms with Gasteiger partial charge >= 0.3 is 0 Å². The predicted octanol–water partition coefficient (Wildman–Crippen LogP) is -0.313. The van der Waals surface area contributed by atoms with Crippen LogP contribution in [0.3, 0.4) is 0 Å². The summed E-state index contributed by atoms with van der Waals surface area (Å²) in [5.74, 6) is 0.710. The van der Waals surface area contributed by atoms with E-state index in [9.17, 15) is 8.42 Å². The van der Waals surface area contributed by atoms with Crippen LogP contribution in [0, 0.1) is 0 Å². The van der Waals surface area contributed by atoms with Gasteiger partial charge in [0.15, 0.2) is 20.6 Å². The lowest BCUT2D eigenvalue weighted by Crippen LogP contribution is -2.50. The van der Waals surface area contributed by atoms with Gasteiger partial charge in [-0.1, -0.05) is 0 Å². The zero-order valence-electron chi connectivity index (χ0n) is 11.5. The van der Waals surface area contributed by atoms with Crippen molar-refractivity contribution in [2.75, 3.05) is 36.5 Å². The average Bonchev–Trinajstić information content (AvgIpc) is 2.66. The number of nitrogens with two attached hydrogens (primary N) is 1. The third-order valence-corrected chi connectivity index (χ3v) is 4.51. The number of piperazine rings is 1. The van der Waals surface area contributed by atoms with Gasteiger partial charge in [-0.2, -0.15) is 5.10 Å². The summed E-state index contributed by atoms with van der Waals surface area (Å²) in [6.07, 6.45) is 1.18. The van der Waals surface area contributed by atoms with E-state index in [0.29, 0.717) is 12.4 Å². The summed E-state index contributed by atoms with van der Waals surface area (Å²) in [5, 5.41) is 7.65. The van der Waals surface area contributed by atoms with Crippen molar-refractivity contribution >= 4 is 21.5 Å². The van der Waals surface area contributed by atoms with E-state index in [2.05, 4.69) is 10.4 Å². The zero-order valence-corrected chi connectivity index (χ0v) is 12.4. The third-order valence-electron chi connectivity index (χ3n) is 3.37. The summed E-state index contributed by atoms with van der Waals surface area (Å²) in [5.41, 5.74) is 5.93. The Hall–Kier alpha value is -1.28. The van der Waals surface area contributed by atoms with E-state index < -0.39 is 9.84 Å². The molecule has 0 aliphatic carbocycles. The highest BCUT2D eigenvalue weighted by Gasteiger charge is 2.30. The molecule has 8 heteroatoms. The van der Waals surface area contributed by atoms with Gasteiger partial charge < -0.3 is 16.0 Å². The van der Waals surface area contributed by atoms with E-state index >= 15 is 0 Å². The molecule has 108 valence electrons. The lowest BCUT2D eigenvalue weighted by Gasteiger charge is -2.34. The molecule has 1 aliphatic rings. The fourth-order valence-corrected chi connectivity index (χ4v) is 3.36. The maximum Gasteiger partial charge on any atom is 0.182 e. The van der Waals surface area contributed by atoms with Crippen LogP contribution >= 0.6 is 0 Å². The molecule has 3 N–H and O–H groups in total. The van der Waals surface area contributed by atoms with Crippen molar-refractivity contribution in [3.63, 3.8) is 0 Å². The fraction of sp³-hybridized carbons (Fsp3) is 0.727. The van der Waals surface area contributed by atoms with Crippen molar-refractivity contribution in [1.82, 2.24) is 15.1 Å². The SMILES string of the molecule is CCn1nc(N2CCNCC2C)c(S(C)(=O)=O)c1N. The first-order valence-electron chi connectivity index (χ1n) is 6.40. The fourth-order valence-electron chi connectivity index (χ4n) is 2.39. The first-order valence-corrected chi connectivity index (χ1v) is 8.29. The molecule has 1 unspecified atom stereocenters. The Bertz CT molecular complexity index is 566. The minimum absolute atomic E-state index is 0.156. The smallest absolute Gasteiger partial charge is 0.182 e. The molecule has 0 saturated carbocycles. The average molecular weight is 287 g/mol. The van der Waals surface area contributed by atoms with Crippen molar-refractivity contribution in [2.24, 2.45) is 0 Å². The van der Waals surface area contributed by atoms with Crippen LogP contribution in [-0.4, -0.2) is 50.1 Å². The number of hydrogen-bond donors (Lipinski definition) is 2. The van der Waals surface area contributed by atoms with Crippen LogP contribution in [0.1, 0.15) is 13.8 Å². The second kappa shape index (κ2) is 5.01. The summed E-state index contributed by atoms with van der Waals surface area (Å²) < 4.78 is 25.5. The van der Waals surface area contributed by atoms with Crippen molar-refractivity contribution in [3.05, 3.63) is 0 Å². The number of sulfone groups is 1. The molecule has 1 aromatic heterocycles. The van der Waals surface area contributed by atoms with Crippen LogP contribution in [0.25, 0.3) is 0 Å². The van der Waals surface area contributed by atoms with Gasteiger partial charge in [0.25, 0.3) is 0 Å². The molecule has 1 aromatic rings. The summed E-state index contributed by atoms with van der Waals surface area (Å²) in [4.78, 5) is 2.16. The summed E-state index contributed by atoms with van der Waals surface area (Å²) in [6, 6.07) is 0.189. The number of rotatable bonds is 3. The predicted molar refractivity (Wildman–Crippen MR) is 75.1 cm³/mol. The Morgan fingerprint density at radius 1 is 1.53 bits per heavy atom. The molecule has 0 spiro atoms. The van der Waals surface area contributed by atoms with Crippen molar-refractivity contribution < 1.29 is 8.42 Å². The number of nitrogens with zero attached hydrogens (tertiary/aromatic N) is 3. The third kappa shape index (κ3) is 2.55. The zero-order chi connectivity index (χ0) is 14.2. The van der Waals surface area contributed by atoms with E-state index in [0.717, 1.165) is 19.6 Å². The van der Waals surface area contributed by atoms with Gasteiger partial charge in [-0.15, -0.1) is 0 Å². The van der Waals surface area contributed by atoms with Gasteiger partial charge in [0.05, 0.1) is 0 Å². The molecule has 2 heterocycles. The van der Waals surface area contributed by atoms with Crippen LogP contribution in [0.15, 0.2) is 4.90 Å². The summed E-state index contributed by atoms with van der Waals surface area (Å²) in [6.45, 7) is 6.83. The van der Waals surface area contributed by atoms with Gasteiger partial charge in [-0.3, -0.25) is 0 Å². The minimum atomic E-state index is -3.40. The highest BCUT2D eigenvalue weighted by Crippen LogP contribution is 2.31. The maximum atomic E-state index is 12.0. The summed E-state index contributed by atoms with van der Waals surface area (Å²) in [7, 11) is -3.40. The van der Waals surface area contributed by atoms with E-state index in [-0.39, 0.29) is 16.8 Å². The Kier molecular flexibility index (Phi) is 3.73. The molecule has 19 heavy (non-hydrogen) atoms. The van der Waals surface area contributed by atoms with Crippen molar-refractivity contribution in [2.45, 2.75) is 31.3 Å². The lowest BCUT2D eigenvalue weighted by atomic mass is 10.2. The van der Waals surface area contributed by atoms with E-state index in [1.165, 1.54) is 6.26 Å². The highest BCUT2D eigenvalue weighted by molar-refractivity contribution is 7.91. The normalized spacial score (nSPS) is 20.8. The van der Waals surface area contributed by atoms with Crippen LogP contribution in [0.4, 0.5) is 11.6 Å². The monoisotopic (exact) mass is 287 g/mol. The van der Waals surface area contributed by atoms with Crippen LogP contribution < -0.4 is 16.0 Å². The number of anilines is 2. The van der Waals surface area contributed by atoms with Crippen LogP contribution in [0.5, 0.6) is 0 Å². The first kappa shape index (κ1) is 14.1. The van der Waals surface area contributed by atoms with Crippen LogP contribution in [0.2, 0.25) is 0 Å².